The normalized spacial score (nSPS) is 10.7. The highest BCUT2D eigenvalue weighted by atomic mass is 35.5. The molecule has 0 atom stereocenters. The second kappa shape index (κ2) is 9.06. The lowest BCUT2D eigenvalue weighted by atomic mass is 9.97. The Labute approximate surface area is 185 Å². The number of carbonyl (C=O) groups excluding carboxylic acids is 1. The Bertz CT molecular complexity index is 1260. The van der Waals surface area contributed by atoms with Crippen molar-refractivity contribution in [1.29, 1.82) is 0 Å². The minimum Gasteiger partial charge on any atom is -0.457 e. The van der Waals surface area contributed by atoms with Crippen molar-refractivity contribution >= 4 is 28.6 Å². The van der Waals surface area contributed by atoms with E-state index in [1.165, 1.54) is 0 Å². The van der Waals surface area contributed by atoms with Crippen molar-refractivity contribution in [3.63, 3.8) is 0 Å². The van der Waals surface area contributed by atoms with Gasteiger partial charge in [-0.2, -0.15) is 0 Å². The molecule has 0 saturated heterocycles. The molecule has 0 saturated carbocycles. The third kappa shape index (κ3) is 4.62. The maximum Gasteiger partial charge on any atom is 0.412 e. The summed E-state index contributed by atoms with van der Waals surface area (Å²) in [4.78, 5) is 16.2. The number of hydrogen-bond acceptors (Lipinski definition) is 4. The number of amides is 1. The lowest BCUT2D eigenvalue weighted by molar-refractivity contribution is 0.201. The molecule has 4 aromatic rings. The van der Waals surface area contributed by atoms with Gasteiger partial charge in [0.15, 0.2) is 0 Å². The van der Waals surface area contributed by atoms with E-state index >= 15 is 0 Å². The maximum atomic E-state index is 11.7. The zero-order valence-electron chi connectivity index (χ0n) is 17.2. The summed E-state index contributed by atoms with van der Waals surface area (Å²) in [5.41, 5.74) is 3.88. The van der Waals surface area contributed by atoms with Gasteiger partial charge in [-0.05, 0) is 60.9 Å². The van der Waals surface area contributed by atoms with Gasteiger partial charge in [0.25, 0.3) is 0 Å². The predicted octanol–water partition coefficient (Wildman–Crippen LogP) is 6.76. The number of hydrogen-bond donors (Lipinski definition) is 1. The number of benzene rings is 3. The molecule has 1 heterocycles. The van der Waals surface area contributed by atoms with Crippen molar-refractivity contribution in [2.24, 2.45) is 0 Å². The fourth-order valence-corrected chi connectivity index (χ4v) is 3.63. The van der Waals surface area contributed by atoms with Gasteiger partial charge in [-0.25, -0.2) is 4.79 Å². The van der Waals surface area contributed by atoms with Crippen LogP contribution in [0.4, 0.5) is 4.79 Å². The van der Waals surface area contributed by atoms with Crippen molar-refractivity contribution in [3.05, 3.63) is 83.5 Å². The SMILES string of the molecule is CCNC(=O)Oc1cccc(Oc2cccc(-c3c(C)cnc4c(Cl)cccc34)c2)c1. The molecule has 0 bridgehead atoms. The fraction of sp³-hybridized carbons (Fsp3) is 0.120. The van der Waals surface area contributed by atoms with Gasteiger partial charge >= 0.3 is 6.09 Å². The van der Waals surface area contributed by atoms with Crippen LogP contribution in [0.15, 0.2) is 72.9 Å². The average Bonchev–Trinajstić information content (AvgIpc) is 2.74. The van der Waals surface area contributed by atoms with E-state index in [0.717, 1.165) is 27.6 Å². The van der Waals surface area contributed by atoms with Gasteiger partial charge in [0.1, 0.15) is 17.2 Å². The van der Waals surface area contributed by atoms with E-state index in [1.54, 1.807) is 18.2 Å². The van der Waals surface area contributed by atoms with Gasteiger partial charge in [0.2, 0.25) is 0 Å². The molecule has 0 unspecified atom stereocenters. The summed E-state index contributed by atoms with van der Waals surface area (Å²) >= 11 is 6.35. The standard InChI is InChI=1S/C25H21ClN2O3/c1-3-27-25(29)31-20-10-5-9-19(14-20)30-18-8-4-7-17(13-18)23-16(2)15-28-24-21(23)11-6-12-22(24)26/h4-15H,3H2,1-2H3,(H,27,29). The van der Waals surface area contributed by atoms with Crippen molar-refractivity contribution < 1.29 is 14.3 Å². The molecule has 0 aliphatic carbocycles. The number of aromatic nitrogens is 1. The first-order valence-corrected chi connectivity index (χ1v) is 10.3. The third-order valence-corrected chi connectivity index (χ3v) is 5.04. The molecule has 1 N–H and O–H groups in total. The number of para-hydroxylation sites is 1. The Hall–Kier alpha value is -3.57. The van der Waals surface area contributed by atoms with Gasteiger partial charge in [0.05, 0.1) is 10.5 Å². The first-order valence-electron chi connectivity index (χ1n) is 9.93. The molecule has 0 aliphatic rings. The Morgan fingerprint density at radius 3 is 2.52 bits per heavy atom. The second-order valence-corrected chi connectivity index (χ2v) is 7.38. The van der Waals surface area contributed by atoms with Crippen molar-refractivity contribution in [3.8, 4) is 28.4 Å². The number of ether oxygens (including phenoxy) is 2. The monoisotopic (exact) mass is 432 g/mol. The number of nitrogens with one attached hydrogen (secondary N) is 1. The Morgan fingerprint density at radius 1 is 1.00 bits per heavy atom. The minimum atomic E-state index is -0.500. The summed E-state index contributed by atoms with van der Waals surface area (Å²) in [7, 11) is 0. The molecule has 31 heavy (non-hydrogen) atoms. The molecule has 4 rings (SSSR count). The van der Waals surface area contributed by atoms with Crippen LogP contribution in [0, 0.1) is 6.92 Å². The second-order valence-electron chi connectivity index (χ2n) is 6.98. The summed E-state index contributed by atoms with van der Waals surface area (Å²) in [6.45, 7) is 4.35. The van der Waals surface area contributed by atoms with Crippen LogP contribution in [-0.4, -0.2) is 17.6 Å². The fourth-order valence-electron chi connectivity index (χ4n) is 3.41. The van der Waals surface area contributed by atoms with Gasteiger partial charge in [-0.3, -0.25) is 4.98 Å². The minimum absolute atomic E-state index is 0.408. The van der Waals surface area contributed by atoms with E-state index < -0.39 is 6.09 Å². The molecule has 1 aromatic heterocycles. The molecule has 0 aliphatic heterocycles. The lowest BCUT2D eigenvalue weighted by Crippen LogP contribution is -2.26. The molecule has 0 spiro atoms. The number of fused-ring (bicyclic) bond motifs is 1. The van der Waals surface area contributed by atoms with Gasteiger partial charge in [-0.1, -0.05) is 41.9 Å². The third-order valence-electron chi connectivity index (χ3n) is 4.73. The van der Waals surface area contributed by atoms with Crippen LogP contribution in [0.1, 0.15) is 12.5 Å². The van der Waals surface area contributed by atoms with Crippen LogP contribution in [0.5, 0.6) is 17.2 Å². The van der Waals surface area contributed by atoms with Crippen LogP contribution in [0.2, 0.25) is 5.02 Å². The van der Waals surface area contributed by atoms with E-state index in [9.17, 15) is 4.79 Å². The Morgan fingerprint density at radius 2 is 1.71 bits per heavy atom. The van der Waals surface area contributed by atoms with Crippen LogP contribution < -0.4 is 14.8 Å². The largest absolute Gasteiger partial charge is 0.457 e. The molecule has 156 valence electrons. The Kier molecular flexibility index (Phi) is 6.05. The van der Waals surface area contributed by atoms with E-state index in [-0.39, 0.29) is 0 Å². The topological polar surface area (TPSA) is 60.5 Å². The molecule has 5 nitrogen and oxygen atoms in total. The molecular formula is C25H21ClN2O3. The summed E-state index contributed by atoms with van der Waals surface area (Å²) in [5, 5.41) is 4.20. The molecular weight excluding hydrogens is 412 g/mol. The quantitative estimate of drug-likeness (QED) is 0.378. The molecule has 6 heteroatoms. The zero-order chi connectivity index (χ0) is 21.8. The zero-order valence-corrected chi connectivity index (χ0v) is 17.9. The van der Waals surface area contributed by atoms with Gasteiger partial charge in [0, 0.05) is 24.2 Å². The predicted molar refractivity (Wildman–Crippen MR) is 123 cm³/mol. The highest BCUT2D eigenvalue weighted by molar-refractivity contribution is 6.35. The first-order chi connectivity index (χ1) is 15.0. The number of nitrogens with zero attached hydrogens (tertiary/aromatic N) is 1. The van der Waals surface area contributed by atoms with Crippen LogP contribution >= 0.6 is 11.6 Å². The molecule has 0 radical (unpaired) electrons. The number of aryl methyl sites for hydroxylation is 1. The van der Waals surface area contributed by atoms with E-state index in [0.29, 0.717) is 28.8 Å². The van der Waals surface area contributed by atoms with E-state index in [2.05, 4.69) is 10.3 Å². The average molecular weight is 433 g/mol. The Balaban J connectivity index is 1.65. The highest BCUT2D eigenvalue weighted by Crippen LogP contribution is 2.36. The van der Waals surface area contributed by atoms with E-state index in [1.807, 2.05) is 68.6 Å². The van der Waals surface area contributed by atoms with Crippen molar-refractivity contribution in [2.75, 3.05) is 6.54 Å². The van der Waals surface area contributed by atoms with Gasteiger partial charge in [-0.15, -0.1) is 0 Å². The van der Waals surface area contributed by atoms with Crippen molar-refractivity contribution in [2.45, 2.75) is 13.8 Å². The van der Waals surface area contributed by atoms with Crippen LogP contribution in [0.3, 0.4) is 0 Å². The maximum absolute atomic E-state index is 11.7. The summed E-state index contributed by atoms with van der Waals surface area (Å²) < 4.78 is 11.3. The van der Waals surface area contributed by atoms with E-state index in [4.69, 9.17) is 21.1 Å². The summed E-state index contributed by atoms with van der Waals surface area (Å²) in [5.74, 6) is 1.64. The van der Waals surface area contributed by atoms with Gasteiger partial charge < -0.3 is 14.8 Å². The smallest absolute Gasteiger partial charge is 0.412 e. The molecule has 1 amide bonds. The number of pyridine rings is 1. The first kappa shape index (κ1) is 20.7. The van der Waals surface area contributed by atoms with Crippen LogP contribution in [-0.2, 0) is 0 Å². The number of carbonyl (C=O) groups is 1. The van der Waals surface area contributed by atoms with Crippen LogP contribution in [0.25, 0.3) is 22.0 Å². The summed E-state index contributed by atoms with van der Waals surface area (Å²) in [6, 6.07) is 20.6. The molecule has 0 fully saturated rings. The lowest BCUT2D eigenvalue weighted by Gasteiger charge is -2.13. The van der Waals surface area contributed by atoms with Crippen molar-refractivity contribution in [1.82, 2.24) is 10.3 Å². The highest BCUT2D eigenvalue weighted by Gasteiger charge is 2.12. The summed E-state index contributed by atoms with van der Waals surface area (Å²) in [6.07, 6.45) is 1.33. The number of rotatable bonds is 5. The molecule has 3 aromatic carbocycles. The number of halogens is 1.